The lowest BCUT2D eigenvalue weighted by atomic mass is 10.1. The monoisotopic (exact) mass is 290 g/mol. The molecule has 0 heterocycles. The molecule has 3 nitrogen and oxygen atoms in total. The maximum Gasteiger partial charge on any atom is 0.119 e. The standard InChI is InChI=1S/C18H30N2O/c1-14(2)15(3)21-17-9-7-16(8-10-17)13-19-11-12-20-18(4,5)6/h7-10,13-15,20H,11-12H2,1-6H3/b19-13+. The molecule has 0 bridgehead atoms. The van der Waals surface area contributed by atoms with Gasteiger partial charge in [-0.25, -0.2) is 0 Å². The number of nitrogens with one attached hydrogen (secondary N) is 1. The molecule has 0 saturated carbocycles. The Morgan fingerprint density at radius 3 is 2.29 bits per heavy atom. The summed E-state index contributed by atoms with van der Waals surface area (Å²) in [7, 11) is 0. The van der Waals surface area contributed by atoms with E-state index in [0.29, 0.717) is 5.92 Å². The van der Waals surface area contributed by atoms with Crippen LogP contribution < -0.4 is 10.1 Å². The van der Waals surface area contributed by atoms with Crippen LogP contribution in [-0.2, 0) is 0 Å². The van der Waals surface area contributed by atoms with Crippen LogP contribution in [-0.4, -0.2) is 30.9 Å². The zero-order valence-corrected chi connectivity index (χ0v) is 14.3. The fourth-order valence-corrected chi connectivity index (χ4v) is 1.65. The van der Waals surface area contributed by atoms with Crippen LogP contribution in [0.4, 0.5) is 0 Å². The summed E-state index contributed by atoms with van der Waals surface area (Å²) in [5.41, 5.74) is 1.26. The third kappa shape index (κ3) is 7.86. The van der Waals surface area contributed by atoms with E-state index in [1.54, 1.807) is 0 Å². The molecule has 0 fully saturated rings. The highest BCUT2D eigenvalue weighted by Crippen LogP contribution is 2.16. The van der Waals surface area contributed by atoms with E-state index in [9.17, 15) is 0 Å². The van der Waals surface area contributed by atoms with Crippen molar-refractivity contribution in [2.24, 2.45) is 10.9 Å². The Morgan fingerprint density at radius 1 is 1.14 bits per heavy atom. The number of benzene rings is 1. The van der Waals surface area contributed by atoms with Gasteiger partial charge in [-0.2, -0.15) is 0 Å². The molecule has 0 aliphatic carbocycles. The molecule has 0 amide bonds. The zero-order valence-electron chi connectivity index (χ0n) is 14.3. The van der Waals surface area contributed by atoms with Gasteiger partial charge in [-0.15, -0.1) is 0 Å². The van der Waals surface area contributed by atoms with Crippen molar-refractivity contribution < 1.29 is 4.74 Å². The van der Waals surface area contributed by atoms with Crippen LogP contribution in [0.25, 0.3) is 0 Å². The van der Waals surface area contributed by atoms with E-state index in [-0.39, 0.29) is 11.6 Å². The zero-order chi connectivity index (χ0) is 15.9. The van der Waals surface area contributed by atoms with Crippen molar-refractivity contribution in [3.05, 3.63) is 29.8 Å². The van der Waals surface area contributed by atoms with Crippen molar-refractivity contribution in [3.8, 4) is 5.75 Å². The Hall–Kier alpha value is -1.35. The van der Waals surface area contributed by atoms with Gasteiger partial charge in [0.15, 0.2) is 0 Å². The van der Waals surface area contributed by atoms with Crippen molar-refractivity contribution in [1.29, 1.82) is 0 Å². The molecule has 0 spiro atoms. The summed E-state index contributed by atoms with van der Waals surface area (Å²) in [4.78, 5) is 4.44. The van der Waals surface area contributed by atoms with Crippen LogP contribution in [0.3, 0.4) is 0 Å². The minimum Gasteiger partial charge on any atom is -0.490 e. The normalized spacial score (nSPS) is 13.9. The average molecular weight is 290 g/mol. The third-order valence-corrected chi connectivity index (χ3v) is 3.28. The van der Waals surface area contributed by atoms with E-state index >= 15 is 0 Å². The first-order valence-corrected chi connectivity index (χ1v) is 7.79. The van der Waals surface area contributed by atoms with Gasteiger partial charge >= 0.3 is 0 Å². The summed E-state index contributed by atoms with van der Waals surface area (Å²) in [5.74, 6) is 1.43. The molecule has 0 saturated heterocycles. The first-order chi connectivity index (χ1) is 9.78. The van der Waals surface area contributed by atoms with E-state index in [1.807, 2.05) is 30.5 Å². The third-order valence-electron chi connectivity index (χ3n) is 3.28. The predicted molar refractivity (Wildman–Crippen MR) is 91.6 cm³/mol. The molecule has 21 heavy (non-hydrogen) atoms. The van der Waals surface area contributed by atoms with Gasteiger partial charge in [0.1, 0.15) is 5.75 Å². The smallest absolute Gasteiger partial charge is 0.119 e. The number of rotatable bonds is 7. The Kier molecular flexibility index (Phi) is 6.90. The molecular formula is C18H30N2O. The molecule has 1 rings (SSSR count). The summed E-state index contributed by atoms with van der Waals surface area (Å²) in [6.45, 7) is 14.6. The van der Waals surface area contributed by atoms with Gasteiger partial charge in [0.05, 0.1) is 12.6 Å². The maximum atomic E-state index is 5.86. The van der Waals surface area contributed by atoms with E-state index in [2.05, 4.69) is 51.9 Å². The highest BCUT2D eigenvalue weighted by atomic mass is 16.5. The highest BCUT2D eigenvalue weighted by molar-refractivity contribution is 5.79. The molecule has 3 heteroatoms. The van der Waals surface area contributed by atoms with Gasteiger partial charge in [-0.05, 0) is 63.4 Å². The average Bonchev–Trinajstić information content (AvgIpc) is 2.38. The maximum absolute atomic E-state index is 5.86. The van der Waals surface area contributed by atoms with Crippen molar-refractivity contribution in [2.45, 2.75) is 53.2 Å². The number of hydrogen-bond donors (Lipinski definition) is 1. The van der Waals surface area contributed by atoms with Crippen LogP contribution in [0.5, 0.6) is 5.75 Å². The van der Waals surface area contributed by atoms with Gasteiger partial charge in [-0.3, -0.25) is 4.99 Å². The molecule has 0 radical (unpaired) electrons. The van der Waals surface area contributed by atoms with Gasteiger partial charge < -0.3 is 10.1 Å². The first kappa shape index (κ1) is 17.7. The van der Waals surface area contributed by atoms with Crippen LogP contribution >= 0.6 is 0 Å². The van der Waals surface area contributed by atoms with Crippen molar-refractivity contribution in [1.82, 2.24) is 5.32 Å². The number of ether oxygens (including phenoxy) is 1. The van der Waals surface area contributed by atoms with Crippen molar-refractivity contribution >= 4 is 6.21 Å². The Labute approximate surface area is 129 Å². The van der Waals surface area contributed by atoms with Crippen LogP contribution in [0.15, 0.2) is 29.3 Å². The fraction of sp³-hybridized carbons (Fsp3) is 0.611. The highest BCUT2D eigenvalue weighted by Gasteiger charge is 2.08. The van der Waals surface area contributed by atoms with Crippen molar-refractivity contribution in [3.63, 3.8) is 0 Å². The lowest BCUT2D eigenvalue weighted by Crippen LogP contribution is -2.37. The Balaban J connectivity index is 2.40. The largest absolute Gasteiger partial charge is 0.490 e. The van der Waals surface area contributed by atoms with Gasteiger partial charge in [0, 0.05) is 18.3 Å². The van der Waals surface area contributed by atoms with E-state index in [1.165, 1.54) is 0 Å². The molecule has 118 valence electrons. The predicted octanol–water partition coefficient (Wildman–Crippen LogP) is 3.92. The fourth-order valence-electron chi connectivity index (χ4n) is 1.65. The number of aliphatic imine (C=N–C) groups is 1. The van der Waals surface area contributed by atoms with E-state index in [4.69, 9.17) is 4.74 Å². The second kappa shape index (κ2) is 8.18. The van der Waals surface area contributed by atoms with E-state index < -0.39 is 0 Å². The summed E-state index contributed by atoms with van der Waals surface area (Å²) in [6, 6.07) is 8.10. The van der Waals surface area contributed by atoms with Crippen LogP contribution in [0, 0.1) is 5.92 Å². The van der Waals surface area contributed by atoms with Crippen LogP contribution in [0.2, 0.25) is 0 Å². The number of nitrogens with zero attached hydrogens (tertiary/aromatic N) is 1. The second-order valence-electron chi connectivity index (χ2n) is 6.85. The summed E-state index contributed by atoms with van der Waals surface area (Å²) >= 11 is 0. The SMILES string of the molecule is CC(C)C(C)Oc1ccc(/C=N/CCNC(C)(C)C)cc1. The molecule has 1 unspecified atom stereocenters. The minimum atomic E-state index is 0.154. The minimum absolute atomic E-state index is 0.154. The summed E-state index contributed by atoms with van der Waals surface area (Å²) in [6.07, 6.45) is 2.15. The molecule has 0 aliphatic heterocycles. The second-order valence-corrected chi connectivity index (χ2v) is 6.85. The molecule has 1 atom stereocenters. The first-order valence-electron chi connectivity index (χ1n) is 7.79. The Morgan fingerprint density at radius 2 is 1.76 bits per heavy atom. The quantitative estimate of drug-likeness (QED) is 0.610. The molecule has 0 aromatic heterocycles. The summed E-state index contributed by atoms with van der Waals surface area (Å²) < 4.78 is 5.86. The summed E-state index contributed by atoms with van der Waals surface area (Å²) in [5, 5.41) is 3.42. The van der Waals surface area contributed by atoms with Crippen molar-refractivity contribution in [2.75, 3.05) is 13.1 Å². The lowest BCUT2D eigenvalue weighted by molar-refractivity contribution is 0.170. The molecule has 1 aromatic rings. The lowest BCUT2D eigenvalue weighted by Gasteiger charge is -2.19. The molecule has 1 N–H and O–H groups in total. The molecule has 1 aromatic carbocycles. The Bertz CT molecular complexity index is 430. The van der Waals surface area contributed by atoms with Gasteiger partial charge in [0.2, 0.25) is 0 Å². The molecule has 0 aliphatic rings. The van der Waals surface area contributed by atoms with Crippen LogP contribution in [0.1, 0.15) is 47.1 Å². The van der Waals surface area contributed by atoms with Gasteiger partial charge in [0.25, 0.3) is 0 Å². The molecular weight excluding hydrogens is 260 g/mol. The topological polar surface area (TPSA) is 33.6 Å². The van der Waals surface area contributed by atoms with Gasteiger partial charge in [-0.1, -0.05) is 13.8 Å². The van der Waals surface area contributed by atoms with E-state index in [0.717, 1.165) is 24.4 Å². The number of hydrogen-bond acceptors (Lipinski definition) is 3.